The molecule has 1 atom stereocenters. The highest BCUT2D eigenvalue weighted by Crippen LogP contribution is 2.43. The highest BCUT2D eigenvalue weighted by Gasteiger charge is 2.33. The minimum absolute atomic E-state index is 0.0302. The maximum absolute atomic E-state index is 12.9. The molecule has 3 rings (SSSR count). The molecule has 1 heterocycles. The standard InChI is InChI=1S/C18H18ClNO3S/c1-22-14-6-7-16(23-2)15(11-14)18-20(8-9-24-18)17(21)12-4-3-5-13(19)10-12/h3-7,10-11,18H,8-9H2,1-2H3/t18-/m1/s1. The van der Waals surface area contributed by atoms with Gasteiger partial charge < -0.3 is 14.4 Å². The van der Waals surface area contributed by atoms with Gasteiger partial charge in [0.2, 0.25) is 0 Å². The molecule has 126 valence electrons. The monoisotopic (exact) mass is 363 g/mol. The van der Waals surface area contributed by atoms with E-state index in [1.165, 1.54) is 0 Å². The number of rotatable bonds is 4. The van der Waals surface area contributed by atoms with Crippen molar-refractivity contribution in [2.24, 2.45) is 0 Å². The van der Waals surface area contributed by atoms with Crippen LogP contribution >= 0.6 is 23.4 Å². The molecule has 0 N–H and O–H groups in total. The molecule has 0 unspecified atom stereocenters. The van der Waals surface area contributed by atoms with Gasteiger partial charge in [0, 0.05) is 28.4 Å². The van der Waals surface area contributed by atoms with Crippen LogP contribution in [0.25, 0.3) is 0 Å². The Kier molecular flexibility index (Phi) is 5.21. The maximum Gasteiger partial charge on any atom is 0.255 e. The van der Waals surface area contributed by atoms with Crippen molar-refractivity contribution in [1.82, 2.24) is 4.90 Å². The normalized spacial score (nSPS) is 17.0. The van der Waals surface area contributed by atoms with E-state index < -0.39 is 0 Å². The predicted molar refractivity (Wildman–Crippen MR) is 97.2 cm³/mol. The molecule has 0 radical (unpaired) electrons. The molecule has 6 heteroatoms. The number of carbonyl (C=O) groups excluding carboxylic acids is 1. The third-order valence-electron chi connectivity index (χ3n) is 3.93. The largest absolute Gasteiger partial charge is 0.497 e. The van der Waals surface area contributed by atoms with Gasteiger partial charge in [-0.1, -0.05) is 17.7 Å². The van der Waals surface area contributed by atoms with Crippen LogP contribution in [0.15, 0.2) is 42.5 Å². The summed E-state index contributed by atoms with van der Waals surface area (Å²) < 4.78 is 10.8. The molecule has 0 aliphatic carbocycles. The highest BCUT2D eigenvalue weighted by molar-refractivity contribution is 7.99. The summed E-state index contributed by atoms with van der Waals surface area (Å²) in [5.74, 6) is 2.34. The summed E-state index contributed by atoms with van der Waals surface area (Å²) in [7, 11) is 3.26. The fraction of sp³-hybridized carbons (Fsp3) is 0.278. The molecule has 1 amide bonds. The molecule has 2 aromatic rings. The van der Waals surface area contributed by atoms with E-state index in [-0.39, 0.29) is 11.3 Å². The number of thioether (sulfide) groups is 1. The van der Waals surface area contributed by atoms with Gasteiger partial charge in [0.15, 0.2) is 0 Å². The maximum atomic E-state index is 12.9. The van der Waals surface area contributed by atoms with Crippen LogP contribution < -0.4 is 9.47 Å². The molecule has 0 saturated carbocycles. The van der Waals surface area contributed by atoms with E-state index in [0.717, 1.165) is 22.8 Å². The minimum Gasteiger partial charge on any atom is -0.497 e. The number of amides is 1. The first kappa shape index (κ1) is 17.0. The molecule has 2 aromatic carbocycles. The second kappa shape index (κ2) is 7.36. The lowest BCUT2D eigenvalue weighted by molar-refractivity contribution is 0.0759. The Bertz CT molecular complexity index is 753. The lowest BCUT2D eigenvalue weighted by atomic mass is 10.1. The number of carbonyl (C=O) groups is 1. The van der Waals surface area contributed by atoms with Gasteiger partial charge in [0.05, 0.1) is 14.2 Å². The van der Waals surface area contributed by atoms with Crippen molar-refractivity contribution < 1.29 is 14.3 Å². The first-order chi connectivity index (χ1) is 11.6. The van der Waals surface area contributed by atoms with Crippen LogP contribution in [0.3, 0.4) is 0 Å². The van der Waals surface area contributed by atoms with Crippen molar-refractivity contribution in [2.75, 3.05) is 26.5 Å². The smallest absolute Gasteiger partial charge is 0.255 e. The van der Waals surface area contributed by atoms with E-state index in [2.05, 4.69) is 0 Å². The topological polar surface area (TPSA) is 38.8 Å². The van der Waals surface area contributed by atoms with Gasteiger partial charge in [-0.05, 0) is 36.4 Å². The Morgan fingerprint density at radius 2 is 2.04 bits per heavy atom. The lowest BCUT2D eigenvalue weighted by Gasteiger charge is -2.26. The summed E-state index contributed by atoms with van der Waals surface area (Å²) in [6.07, 6.45) is 0. The summed E-state index contributed by atoms with van der Waals surface area (Å²) in [4.78, 5) is 14.8. The molecule has 0 bridgehead atoms. The molecule has 0 aromatic heterocycles. The van der Waals surface area contributed by atoms with Crippen molar-refractivity contribution in [3.63, 3.8) is 0 Å². The van der Waals surface area contributed by atoms with Gasteiger partial charge in [0.25, 0.3) is 5.91 Å². The van der Waals surface area contributed by atoms with Crippen LogP contribution in [0.4, 0.5) is 0 Å². The fourth-order valence-electron chi connectivity index (χ4n) is 2.76. The van der Waals surface area contributed by atoms with Gasteiger partial charge in [-0.3, -0.25) is 4.79 Å². The van der Waals surface area contributed by atoms with E-state index in [9.17, 15) is 4.79 Å². The molecule has 1 aliphatic rings. The van der Waals surface area contributed by atoms with Crippen LogP contribution in [0.1, 0.15) is 21.3 Å². The third kappa shape index (κ3) is 3.32. The van der Waals surface area contributed by atoms with Crippen LogP contribution in [-0.4, -0.2) is 37.3 Å². The molecular weight excluding hydrogens is 346 g/mol. The number of halogens is 1. The lowest BCUT2D eigenvalue weighted by Crippen LogP contribution is -2.30. The SMILES string of the molecule is COc1ccc(OC)c([C@H]2SCCN2C(=O)c2cccc(Cl)c2)c1. The number of methoxy groups -OCH3 is 2. The van der Waals surface area contributed by atoms with Crippen molar-refractivity contribution in [3.05, 3.63) is 58.6 Å². The summed E-state index contributed by atoms with van der Waals surface area (Å²) in [5.41, 5.74) is 1.53. The van der Waals surface area contributed by atoms with Gasteiger partial charge in [-0.2, -0.15) is 0 Å². The Balaban J connectivity index is 1.95. The van der Waals surface area contributed by atoms with Crippen molar-refractivity contribution in [1.29, 1.82) is 0 Å². The fourth-order valence-corrected chi connectivity index (χ4v) is 4.22. The third-order valence-corrected chi connectivity index (χ3v) is 5.40. The first-order valence-electron chi connectivity index (χ1n) is 7.54. The second-order valence-corrected chi connectivity index (χ2v) is 6.96. The van der Waals surface area contributed by atoms with Gasteiger partial charge in [0.1, 0.15) is 16.9 Å². The van der Waals surface area contributed by atoms with Crippen LogP contribution in [0.2, 0.25) is 5.02 Å². The second-order valence-electron chi connectivity index (χ2n) is 5.34. The molecule has 24 heavy (non-hydrogen) atoms. The average Bonchev–Trinajstić information content (AvgIpc) is 3.10. The van der Waals surface area contributed by atoms with Gasteiger partial charge in [-0.25, -0.2) is 0 Å². The van der Waals surface area contributed by atoms with E-state index in [4.69, 9.17) is 21.1 Å². The van der Waals surface area contributed by atoms with Crippen molar-refractivity contribution >= 4 is 29.3 Å². The van der Waals surface area contributed by atoms with Crippen molar-refractivity contribution in [2.45, 2.75) is 5.37 Å². The van der Waals surface area contributed by atoms with Crippen molar-refractivity contribution in [3.8, 4) is 11.5 Å². The molecular formula is C18H18ClNO3S. The van der Waals surface area contributed by atoms with E-state index >= 15 is 0 Å². The van der Waals surface area contributed by atoms with Gasteiger partial charge >= 0.3 is 0 Å². The number of nitrogens with zero attached hydrogens (tertiary/aromatic N) is 1. The Morgan fingerprint density at radius 1 is 1.21 bits per heavy atom. The summed E-state index contributed by atoms with van der Waals surface area (Å²) in [6.45, 7) is 0.682. The van der Waals surface area contributed by atoms with Gasteiger partial charge in [-0.15, -0.1) is 11.8 Å². The predicted octanol–water partition coefficient (Wildman–Crippen LogP) is 4.25. The molecule has 1 saturated heterocycles. The Labute approximate surface area is 150 Å². The summed E-state index contributed by atoms with van der Waals surface area (Å²) in [6, 6.07) is 12.7. The number of ether oxygens (including phenoxy) is 2. The molecule has 1 aliphatic heterocycles. The quantitative estimate of drug-likeness (QED) is 0.814. The van der Waals surface area contributed by atoms with Crippen LogP contribution in [0.5, 0.6) is 11.5 Å². The minimum atomic E-state index is -0.110. The zero-order valence-electron chi connectivity index (χ0n) is 13.5. The van der Waals surface area contributed by atoms with E-state index in [1.54, 1.807) is 50.2 Å². The van der Waals surface area contributed by atoms with Crippen LogP contribution in [0, 0.1) is 0 Å². The highest BCUT2D eigenvalue weighted by atomic mass is 35.5. The first-order valence-corrected chi connectivity index (χ1v) is 8.97. The van der Waals surface area contributed by atoms with E-state index in [1.807, 2.05) is 23.1 Å². The molecule has 4 nitrogen and oxygen atoms in total. The Hall–Kier alpha value is -1.85. The summed E-state index contributed by atoms with van der Waals surface area (Å²) >= 11 is 7.74. The Morgan fingerprint density at radius 3 is 2.75 bits per heavy atom. The summed E-state index contributed by atoms with van der Waals surface area (Å²) in [5, 5.41) is 0.449. The molecule has 1 fully saturated rings. The molecule has 0 spiro atoms. The zero-order chi connectivity index (χ0) is 17.1. The average molecular weight is 364 g/mol. The number of hydrogen-bond donors (Lipinski definition) is 0. The van der Waals surface area contributed by atoms with E-state index in [0.29, 0.717) is 17.1 Å². The van der Waals surface area contributed by atoms with Crippen LogP contribution in [-0.2, 0) is 0 Å². The number of hydrogen-bond acceptors (Lipinski definition) is 4. The number of benzene rings is 2. The zero-order valence-corrected chi connectivity index (χ0v) is 15.1.